The van der Waals surface area contributed by atoms with Crippen molar-refractivity contribution >= 4 is 28.3 Å². The van der Waals surface area contributed by atoms with E-state index in [1.165, 1.54) is 0 Å². The highest BCUT2D eigenvalue weighted by Gasteiger charge is 2.32. The molecule has 2 N–H and O–H groups in total. The molecule has 7 nitrogen and oxygen atoms in total. The third-order valence-corrected chi connectivity index (χ3v) is 6.45. The van der Waals surface area contributed by atoms with Gasteiger partial charge in [0.2, 0.25) is 11.8 Å². The summed E-state index contributed by atoms with van der Waals surface area (Å²) in [6.45, 7) is 2.04. The fourth-order valence-electron chi connectivity index (χ4n) is 4.40. The van der Waals surface area contributed by atoms with Crippen molar-refractivity contribution in [3.05, 3.63) is 71.3 Å². The first-order chi connectivity index (χ1) is 16.5. The van der Waals surface area contributed by atoms with E-state index in [0.717, 1.165) is 27.6 Å². The molecule has 4 rings (SSSR count). The molecule has 2 amide bonds. The molecule has 1 heterocycles. The summed E-state index contributed by atoms with van der Waals surface area (Å²) < 4.78 is 5.66. The van der Waals surface area contributed by atoms with Gasteiger partial charge >= 0.3 is 0 Å². The molecule has 0 saturated heterocycles. The van der Waals surface area contributed by atoms with Gasteiger partial charge in [-0.2, -0.15) is 5.26 Å². The van der Waals surface area contributed by atoms with Gasteiger partial charge in [-0.05, 0) is 67.4 Å². The first kappa shape index (κ1) is 23.3. The summed E-state index contributed by atoms with van der Waals surface area (Å²) in [7, 11) is 3.32. The van der Waals surface area contributed by atoms with Crippen LogP contribution < -0.4 is 20.3 Å². The summed E-state index contributed by atoms with van der Waals surface area (Å²) >= 11 is 0. The number of hydrogen-bond donors (Lipinski definition) is 2. The lowest BCUT2D eigenvalue weighted by Gasteiger charge is -2.28. The normalized spacial score (nSPS) is 16.4. The number of benzene rings is 3. The molecule has 0 aliphatic carbocycles. The third-order valence-electron chi connectivity index (χ3n) is 6.45. The Kier molecular flexibility index (Phi) is 6.80. The lowest BCUT2D eigenvalue weighted by molar-refractivity contribution is -0.128. The summed E-state index contributed by atoms with van der Waals surface area (Å²) in [5.74, 6) is 0.295. The van der Waals surface area contributed by atoms with E-state index < -0.39 is 12.1 Å². The van der Waals surface area contributed by atoms with Gasteiger partial charge in [0.25, 0.3) is 0 Å². The van der Waals surface area contributed by atoms with Gasteiger partial charge in [0.05, 0.1) is 31.3 Å². The van der Waals surface area contributed by atoms with E-state index in [0.29, 0.717) is 24.2 Å². The molecule has 1 aliphatic heterocycles. The zero-order valence-corrected chi connectivity index (χ0v) is 19.6. The Balaban J connectivity index is 1.78. The number of carbonyl (C=O) groups excluding carboxylic acids is 2. The molecule has 34 heavy (non-hydrogen) atoms. The van der Waals surface area contributed by atoms with Crippen molar-refractivity contribution < 1.29 is 14.3 Å². The Morgan fingerprint density at radius 3 is 2.76 bits per heavy atom. The van der Waals surface area contributed by atoms with Crippen molar-refractivity contribution in [1.82, 2.24) is 10.6 Å². The number of carbonyl (C=O) groups is 2. The van der Waals surface area contributed by atoms with E-state index in [1.807, 2.05) is 48.5 Å². The molecular formula is C27H28N4O3. The van der Waals surface area contributed by atoms with Gasteiger partial charge in [-0.1, -0.05) is 30.3 Å². The average Bonchev–Trinajstić information content (AvgIpc) is 3.00. The van der Waals surface area contributed by atoms with Crippen LogP contribution in [0.25, 0.3) is 10.8 Å². The van der Waals surface area contributed by atoms with E-state index in [-0.39, 0.29) is 18.4 Å². The van der Waals surface area contributed by atoms with E-state index >= 15 is 0 Å². The molecule has 1 aliphatic rings. The third kappa shape index (κ3) is 4.45. The number of fused-ring (bicyclic) bond motifs is 2. The molecule has 0 aromatic heterocycles. The Morgan fingerprint density at radius 1 is 1.24 bits per heavy atom. The van der Waals surface area contributed by atoms with Gasteiger partial charge in [-0.15, -0.1) is 0 Å². The second-order valence-corrected chi connectivity index (χ2v) is 8.46. The number of nitriles is 1. The Morgan fingerprint density at radius 2 is 2.03 bits per heavy atom. The van der Waals surface area contributed by atoms with E-state index in [4.69, 9.17) is 4.74 Å². The maximum atomic E-state index is 13.8. The molecule has 0 saturated carbocycles. The monoisotopic (exact) mass is 456 g/mol. The van der Waals surface area contributed by atoms with E-state index in [9.17, 15) is 14.9 Å². The molecule has 174 valence electrons. The SMILES string of the molecule is CNC(C)C(=O)NC1CCc2ccccc2N(Cc2c(OC)ccc3cc(C#N)ccc23)C1=O. The molecule has 2 unspecified atom stereocenters. The molecule has 0 spiro atoms. The fraction of sp³-hybridized carbons (Fsp3) is 0.296. The summed E-state index contributed by atoms with van der Waals surface area (Å²) in [4.78, 5) is 28.1. The van der Waals surface area contributed by atoms with Crippen LogP contribution in [0.4, 0.5) is 5.69 Å². The minimum atomic E-state index is -0.637. The lowest BCUT2D eigenvalue weighted by atomic mass is 10.0. The van der Waals surface area contributed by atoms with Crippen molar-refractivity contribution in [2.45, 2.75) is 38.4 Å². The fourth-order valence-corrected chi connectivity index (χ4v) is 4.40. The number of methoxy groups -OCH3 is 1. The molecular weight excluding hydrogens is 428 g/mol. The number of anilines is 1. The molecule has 3 aromatic carbocycles. The number of likely N-dealkylation sites (N-methyl/N-ethyl adjacent to an activating group) is 1. The molecule has 2 atom stereocenters. The van der Waals surface area contributed by atoms with Gasteiger partial charge in [0.15, 0.2) is 0 Å². The first-order valence-corrected chi connectivity index (χ1v) is 11.3. The molecule has 0 bridgehead atoms. The highest BCUT2D eigenvalue weighted by atomic mass is 16.5. The smallest absolute Gasteiger partial charge is 0.249 e. The minimum Gasteiger partial charge on any atom is -0.496 e. The summed E-state index contributed by atoms with van der Waals surface area (Å²) in [6, 6.07) is 18.3. The van der Waals surface area contributed by atoms with E-state index in [2.05, 4.69) is 16.7 Å². The van der Waals surface area contributed by atoms with Crippen LogP contribution in [0, 0.1) is 11.3 Å². The van der Waals surface area contributed by atoms with Crippen LogP contribution in [-0.4, -0.2) is 38.1 Å². The van der Waals surface area contributed by atoms with Crippen LogP contribution in [0.1, 0.15) is 30.0 Å². The van der Waals surface area contributed by atoms with Crippen molar-refractivity contribution in [3.63, 3.8) is 0 Å². The number of para-hydroxylation sites is 1. The first-order valence-electron chi connectivity index (χ1n) is 11.3. The van der Waals surface area contributed by atoms with Crippen molar-refractivity contribution in [1.29, 1.82) is 5.26 Å². The topological polar surface area (TPSA) is 94.5 Å². The number of aryl methyl sites for hydroxylation is 1. The number of hydrogen-bond acceptors (Lipinski definition) is 5. The maximum Gasteiger partial charge on any atom is 0.249 e. The van der Waals surface area contributed by atoms with Crippen LogP contribution >= 0.6 is 0 Å². The molecule has 0 radical (unpaired) electrons. The van der Waals surface area contributed by atoms with Crippen molar-refractivity contribution in [2.24, 2.45) is 0 Å². The van der Waals surface area contributed by atoms with Crippen molar-refractivity contribution in [2.75, 3.05) is 19.1 Å². The summed E-state index contributed by atoms with van der Waals surface area (Å²) in [5.41, 5.74) is 3.31. The second kappa shape index (κ2) is 9.94. The van der Waals surface area contributed by atoms with Gasteiger partial charge < -0.3 is 20.3 Å². The van der Waals surface area contributed by atoms with Gasteiger partial charge in [0, 0.05) is 11.3 Å². The Bertz CT molecular complexity index is 1280. The average molecular weight is 457 g/mol. The van der Waals surface area contributed by atoms with Crippen molar-refractivity contribution in [3.8, 4) is 11.8 Å². The second-order valence-electron chi connectivity index (χ2n) is 8.46. The maximum absolute atomic E-state index is 13.8. The number of ether oxygens (including phenoxy) is 1. The zero-order chi connectivity index (χ0) is 24.2. The van der Waals surface area contributed by atoms with Gasteiger partial charge in [-0.3, -0.25) is 9.59 Å². The number of nitrogens with zero attached hydrogens (tertiary/aromatic N) is 2. The van der Waals surface area contributed by atoms with Crippen LogP contribution in [0.3, 0.4) is 0 Å². The quantitative estimate of drug-likeness (QED) is 0.594. The molecule has 0 fully saturated rings. The molecule has 7 heteroatoms. The number of amides is 2. The van der Waals surface area contributed by atoms with E-state index in [1.54, 1.807) is 32.0 Å². The Hall–Kier alpha value is -3.89. The predicted molar refractivity (Wildman–Crippen MR) is 132 cm³/mol. The van der Waals surface area contributed by atoms with Crippen LogP contribution in [0.15, 0.2) is 54.6 Å². The largest absolute Gasteiger partial charge is 0.496 e. The summed E-state index contributed by atoms with van der Waals surface area (Å²) in [5, 5.41) is 17.0. The van der Waals surface area contributed by atoms with Crippen LogP contribution in [0.5, 0.6) is 5.75 Å². The summed E-state index contributed by atoms with van der Waals surface area (Å²) in [6.07, 6.45) is 1.20. The van der Waals surface area contributed by atoms with Crippen LogP contribution in [-0.2, 0) is 22.6 Å². The predicted octanol–water partition coefficient (Wildman–Crippen LogP) is 3.29. The molecule has 3 aromatic rings. The minimum absolute atomic E-state index is 0.158. The lowest BCUT2D eigenvalue weighted by Crippen LogP contribution is -2.52. The highest BCUT2D eigenvalue weighted by molar-refractivity contribution is 6.01. The standard InChI is InChI=1S/C27H28N4O3/c1-17(29-2)26(32)30-23-12-9-19-6-4-5-7-24(19)31(27(23)33)16-22-21-11-8-18(15-28)14-20(21)10-13-25(22)34-3/h4-8,10-11,13-14,17,23,29H,9,12,16H2,1-3H3,(H,30,32). The Labute approximate surface area is 199 Å². The zero-order valence-electron chi connectivity index (χ0n) is 19.6. The van der Waals surface area contributed by atoms with Gasteiger partial charge in [-0.25, -0.2) is 0 Å². The van der Waals surface area contributed by atoms with Gasteiger partial charge in [0.1, 0.15) is 11.8 Å². The van der Waals surface area contributed by atoms with Crippen LogP contribution in [0.2, 0.25) is 0 Å². The number of rotatable bonds is 6. The highest BCUT2D eigenvalue weighted by Crippen LogP contribution is 2.34. The number of nitrogens with one attached hydrogen (secondary N) is 2.